The van der Waals surface area contributed by atoms with Gasteiger partial charge in [-0.3, -0.25) is 0 Å². The number of aliphatic hydroxyl groups excluding tert-OH is 1. The van der Waals surface area contributed by atoms with E-state index in [1.165, 1.54) is 25.7 Å². The molecule has 2 aliphatic carbocycles. The summed E-state index contributed by atoms with van der Waals surface area (Å²) in [5.41, 5.74) is 0. The summed E-state index contributed by atoms with van der Waals surface area (Å²) in [5, 5.41) is 9.06. The zero-order chi connectivity index (χ0) is 12.8. The third kappa shape index (κ3) is 2.56. The van der Waals surface area contributed by atoms with E-state index < -0.39 is 0 Å². The van der Waals surface area contributed by atoms with Crippen LogP contribution in [0.1, 0.15) is 38.5 Å². The van der Waals surface area contributed by atoms with Crippen LogP contribution >= 0.6 is 0 Å². The van der Waals surface area contributed by atoms with E-state index in [4.69, 9.17) is 19.3 Å². The third-order valence-electron chi connectivity index (χ3n) is 5.42. The van der Waals surface area contributed by atoms with Crippen LogP contribution in [0.5, 0.6) is 0 Å². The first kappa shape index (κ1) is 12.6. The van der Waals surface area contributed by atoms with Crippen molar-refractivity contribution in [1.82, 2.24) is 0 Å². The van der Waals surface area contributed by atoms with Crippen LogP contribution in [0.15, 0.2) is 0 Å². The molecule has 4 aliphatic rings. The highest BCUT2D eigenvalue weighted by atomic mass is 16.6. The SMILES string of the molecule is OCCOC(C1CCC2OC2C1)C1CCC2OC2C1. The zero-order valence-corrected chi connectivity index (χ0v) is 11.4. The fourth-order valence-corrected chi connectivity index (χ4v) is 4.31. The van der Waals surface area contributed by atoms with Crippen molar-refractivity contribution in [3.63, 3.8) is 0 Å². The molecule has 0 aromatic heterocycles. The van der Waals surface area contributed by atoms with Gasteiger partial charge in [0.05, 0.1) is 43.7 Å². The summed E-state index contributed by atoms with van der Waals surface area (Å²) in [5.74, 6) is 1.24. The van der Waals surface area contributed by atoms with E-state index >= 15 is 0 Å². The number of aliphatic hydroxyl groups is 1. The molecule has 19 heavy (non-hydrogen) atoms. The second-order valence-electron chi connectivity index (χ2n) is 6.63. The van der Waals surface area contributed by atoms with Crippen LogP contribution in [-0.2, 0) is 14.2 Å². The summed E-state index contributed by atoms with van der Waals surface area (Å²) >= 11 is 0. The van der Waals surface area contributed by atoms with Gasteiger partial charge >= 0.3 is 0 Å². The van der Waals surface area contributed by atoms with Crippen LogP contribution in [0.4, 0.5) is 0 Å². The van der Waals surface area contributed by atoms with Crippen LogP contribution in [0.2, 0.25) is 0 Å². The van der Waals surface area contributed by atoms with Crippen molar-refractivity contribution < 1.29 is 19.3 Å². The fraction of sp³-hybridized carbons (Fsp3) is 1.00. The highest BCUT2D eigenvalue weighted by Crippen LogP contribution is 2.47. The number of epoxide rings is 2. The molecule has 6 unspecified atom stereocenters. The maximum absolute atomic E-state index is 9.06. The standard InChI is InChI=1S/C15H24O4/c16-5-6-17-15(9-1-3-11-13(7-9)18-11)10-2-4-12-14(8-10)19-12/h9-16H,1-8H2. The first-order chi connectivity index (χ1) is 9.35. The van der Waals surface area contributed by atoms with E-state index in [0.717, 1.165) is 12.8 Å². The second kappa shape index (κ2) is 4.99. The van der Waals surface area contributed by atoms with Gasteiger partial charge in [-0.25, -0.2) is 0 Å². The molecule has 0 aromatic carbocycles. The number of fused-ring (bicyclic) bond motifs is 2. The molecule has 0 radical (unpaired) electrons. The fourth-order valence-electron chi connectivity index (χ4n) is 4.31. The van der Waals surface area contributed by atoms with Crippen molar-refractivity contribution in [3.05, 3.63) is 0 Å². The number of rotatable bonds is 5. The van der Waals surface area contributed by atoms with Gasteiger partial charge in [0.15, 0.2) is 0 Å². The number of hydrogen-bond donors (Lipinski definition) is 1. The molecule has 2 heterocycles. The highest BCUT2D eigenvalue weighted by molar-refractivity contribution is 4.99. The van der Waals surface area contributed by atoms with Gasteiger partial charge in [-0.2, -0.15) is 0 Å². The molecule has 4 heteroatoms. The molecule has 2 saturated carbocycles. The molecule has 0 spiro atoms. The Labute approximate surface area is 114 Å². The van der Waals surface area contributed by atoms with Crippen LogP contribution in [0.3, 0.4) is 0 Å². The Balaban J connectivity index is 1.40. The summed E-state index contributed by atoms with van der Waals surface area (Å²) in [6.45, 7) is 0.600. The van der Waals surface area contributed by atoms with Gasteiger partial charge in [-0.15, -0.1) is 0 Å². The van der Waals surface area contributed by atoms with Crippen molar-refractivity contribution in [3.8, 4) is 0 Å². The molecule has 0 amide bonds. The summed E-state index contributed by atoms with van der Waals surface area (Å²) < 4.78 is 17.3. The van der Waals surface area contributed by atoms with E-state index in [2.05, 4.69) is 0 Å². The van der Waals surface area contributed by atoms with Crippen LogP contribution in [0, 0.1) is 11.8 Å². The van der Waals surface area contributed by atoms with Gasteiger partial charge in [-0.05, 0) is 50.4 Å². The normalized spacial score (nSPS) is 49.1. The number of ether oxygens (including phenoxy) is 3. The van der Waals surface area contributed by atoms with Crippen LogP contribution < -0.4 is 0 Å². The zero-order valence-electron chi connectivity index (χ0n) is 11.4. The summed E-state index contributed by atoms with van der Waals surface area (Å²) in [6, 6.07) is 0. The predicted molar refractivity (Wildman–Crippen MR) is 68.8 cm³/mol. The monoisotopic (exact) mass is 268 g/mol. The molecular weight excluding hydrogens is 244 g/mol. The van der Waals surface area contributed by atoms with Crippen molar-refractivity contribution in [1.29, 1.82) is 0 Å². The van der Waals surface area contributed by atoms with E-state index in [1.54, 1.807) is 0 Å². The van der Waals surface area contributed by atoms with Gasteiger partial charge in [0.1, 0.15) is 0 Å². The average Bonchev–Trinajstić information content (AvgIpc) is 3.32. The topological polar surface area (TPSA) is 54.5 Å². The molecule has 108 valence electrons. The van der Waals surface area contributed by atoms with Gasteiger partial charge in [0.25, 0.3) is 0 Å². The Morgan fingerprint density at radius 1 is 0.895 bits per heavy atom. The van der Waals surface area contributed by atoms with E-state index in [-0.39, 0.29) is 6.61 Å². The van der Waals surface area contributed by atoms with Crippen molar-refractivity contribution >= 4 is 0 Å². The number of hydrogen-bond acceptors (Lipinski definition) is 4. The summed E-state index contributed by atoms with van der Waals surface area (Å²) in [6.07, 6.45) is 9.59. The molecule has 6 atom stereocenters. The van der Waals surface area contributed by atoms with E-state index in [1.807, 2.05) is 0 Å². The quantitative estimate of drug-likeness (QED) is 0.768. The van der Waals surface area contributed by atoms with Crippen LogP contribution in [0.25, 0.3) is 0 Å². The first-order valence-electron chi connectivity index (χ1n) is 7.88. The summed E-state index contributed by atoms with van der Waals surface area (Å²) in [4.78, 5) is 0. The largest absolute Gasteiger partial charge is 0.394 e. The van der Waals surface area contributed by atoms with E-state index in [9.17, 15) is 0 Å². The Kier molecular flexibility index (Phi) is 3.30. The molecular formula is C15H24O4. The molecule has 0 aromatic rings. The minimum Gasteiger partial charge on any atom is -0.394 e. The van der Waals surface area contributed by atoms with Gasteiger partial charge < -0.3 is 19.3 Å². The second-order valence-corrected chi connectivity index (χ2v) is 6.63. The summed E-state index contributed by atoms with van der Waals surface area (Å²) in [7, 11) is 0. The molecule has 4 nitrogen and oxygen atoms in total. The highest BCUT2D eigenvalue weighted by Gasteiger charge is 2.50. The van der Waals surface area contributed by atoms with Gasteiger partial charge in [-0.1, -0.05) is 0 Å². The molecule has 4 fully saturated rings. The Hall–Kier alpha value is -0.160. The molecule has 1 N–H and O–H groups in total. The van der Waals surface area contributed by atoms with Gasteiger partial charge in [0, 0.05) is 0 Å². The van der Waals surface area contributed by atoms with Gasteiger partial charge in [0.2, 0.25) is 0 Å². The van der Waals surface area contributed by atoms with Crippen LogP contribution in [-0.4, -0.2) is 48.8 Å². The Morgan fingerprint density at radius 3 is 1.95 bits per heavy atom. The Bertz CT molecular complexity index is 306. The average molecular weight is 268 g/mol. The van der Waals surface area contributed by atoms with Crippen molar-refractivity contribution in [2.24, 2.45) is 11.8 Å². The van der Waals surface area contributed by atoms with E-state index in [0.29, 0.717) is 49.0 Å². The molecule has 0 bridgehead atoms. The minimum atomic E-state index is 0.126. The van der Waals surface area contributed by atoms with Crippen molar-refractivity contribution in [2.45, 2.75) is 69.0 Å². The predicted octanol–water partition coefficient (Wildman–Crippen LogP) is 1.50. The Morgan fingerprint density at radius 2 is 1.47 bits per heavy atom. The lowest BCUT2D eigenvalue weighted by atomic mass is 9.75. The molecule has 2 aliphatic heterocycles. The van der Waals surface area contributed by atoms with Crippen molar-refractivity contribution in [2.75, 3.05) is 13.2 Å². The third-order valence-corrected chi connectivity index (χ3v) is 5.42. The maximum Gasteiger partial charge on any atom is 0.0845 e. The lowest BCUT2D eigenvalue weighted by molar-refractivity contribution is -0.0538. The smallest absolute Gasteiger partial charge is 0.0845 e. The lowest BCUT2D eigenvalue weighted by Crippen LogP contribution is -2.38. The maximum atomic E-state index is 9.06. The lowest BCUT2D eigenvalue weighted by Gasteiger charge is -2.35. The molecule has 2 saturated heterocycles. The minimum absolute atomic E-state index is 0.126. The molecule has 4 rings (SSSR count). The first-order valence-corrected chi connectivity index (χ1v) is 7.88.